The zero-order valence-corrected chi connectivity index (χ0v) is 17.2. The molecule has 0 bridgehead atoms. The maximum absolute atomic E-state index is 13.0. The van der Waals surface area contributed by atoms with Gasteiger partial charge in [-0.15, -0.1) is 0 Å². The van der Waals surface area contributed by atoms with Crippen molar-refractivity contribution in [1.82, 2.24) is 4.98 Å². The summed E-state index contributed by atoms with van der Waals surface area (Å²) in [4.78, 5) is 25.8. The summed E-state index contributed by atoms with van der Waals surface area (Å²) in [7, 11) is 0.853. The largest absolute Gasteiger partial charge is 0.493 e. The van der Waals surface area contributed by atoms with E-state index in [2.05, 4.69) is 9.71 Å². The van der Waals surface area contributed by atoms with Crippen LogP contribution in [0.3, 0.4) is 0 Å². The molecular weight excluding hydrogens is 420 g/mol. The number of carbonyl (C=O) groups is 1. The summed E-state index contributed by atoms with van der Waals surface area (Å²) in [6.45, 7) is 0. The molecule has 0 amide bonds. The van der Waals surface area contributed by atoms with Crippen LogP contribution in [0.5, 0.6) is 17.2 Å². The molecule has 0 aliphatic heterocycles. The van der Waals surface area contributed by atoms with Crippen molar-refractivity contribution in [3.05, 3.63) is 40.4 Å². The standard InChI is InChI=1S/C18H18N2O9S/c1-25-13-8-10(17(21)28-4)14(16(27-3)15(13)26-2)20-30(23,24)9-5-6-11-12(7-9)29-18(22)19-11/h5-8,20H,1-4H3,(H,19,22). The number of carbonyl (C=O) groups excluding carboxylic acids is 1. The first-order chi connectivity index (χ1) is 14.2. The molecule has 0 aliphatic carbocycles. The maximum atomic E-state index is 13.0. The number of fused-ring (bicyclic) bond motifs is 1. The minimum Gasteiger partial charge on any atom is -0.493 e. The third-order valence-electron chi connectivity index (χ3n) is 4.17. The SMILES string of the molecule is COC(=O)c1cc(OC)c(OC)c(OC)c1NS(=O)(=O)c1ccc2[nH]c(=O)oc2c1. The number of sulfonamides is 1. The lowest BCUT2D eigenvalue weighted by Crippen LogP contribution is -2.17. The maximum Gasteiger partial charge on any atom is 0.417 e. The summed E-state index contributed by atoms with van der Waals surface area (Å²) in [6.07, 6.45) is 0. The highest BCUT2D eigenvalue weighted by Crippen LogP contribution is 2.46. The van der Waals surface area contributed by atoms with Crippen molar-refractivity contribution >= 4 is 32.8 Å². The topological polar surface area (TPSA) is 146 Å². The monoisotopic (exact) mass is 438 g/mol. The third-order valence-corrected chi connectivity index (χ3v) is 5.52. The Balaban J connectivity index is 2.19. The van der Waals surface area contributed by atoms with Crippen LogP contribution in [0.1, 0.15) is 10.4 Å². The number of hydrogen-bond donors (Lipinski definition) is 2. The fourth-order valence-electron chi connectivity index (χ4n) is 2.81. The van der Waals surface area contributed by atoms with Crippen molar-refractivity contribution in [2.75, 3.05) is 33.2 Å². The molecule has 0 aliphatic rings. The molecule has 0 unspecified atom stereocenters. The van der Waals surface area contributed by atoms with Crippen molar-refractivity contribution < 1.29 is 36.6 Å². The zero-order valence-electron chi connectivity index (χ0n) is 16.4. The number of aromatic amines is 1. The predicted octanol–water partition coefficient (Wildman–Crippen LogP) is 1.73. The van der Waals surface area contributed by atoms with Gasteiger partial charge in [-0.25, -0.2) is 18.0 Å². The zero-order chi connectivity index (χ0) is 22.1. The summed E-state index contributed by atoms with van der Waals surface area (Å²) in [5.41, 5.74) is 0.00990. The first-order valence-corrected chi connectivity index (χ1v) is 9.81. The second-order valence-corrected chi connectivity index (χ2v) is 7.52. The second-order valence-electron chi connectivity index (χ2n) is 5.84. The highest BCUT2D eigenvalue weighted by atomic mass is 32.2. The number of esters is 1. The quantitative estimate of drug-likeness (QED) is 0.527. The fraction of sp³-hybridized carbons (Fsp3) is 0.222. The molecule has 0 atom stereocenters. The number of nitrogens with one attached hydrogen (secondary N) is 2. The number of rotatable bonds is 7. The van der Waals surface area contributed by atoms with Crippen molar-refractivity contribution in [3.8, 4) is 17.2 Å². The van der Waals surface area contributed by atoms with Gasteiger partial charge in [-0.3, -0.25) is 9.71 Å². The average Bonchev–Trinajstić information content (AvgIpc) is 3.11. The van der Waals surface area contributed by atoms with Crippen LogP contribution in [0.15, 0.2) is 38.4 Å². The van der Waals surface area contributed by atoms with Gasteiger partial charge < -0.3 is 23.4 Å². The van der Waals surface area contributed by atoms with Crippen LogP contribution < -0.4 is 24.7 Å². The molecule has 30 heavy (non-hydrogen) atoms. The molecule has 0 saturated heterocycles. The molecule has 2 N–H and O–H groups in total. The van der Waals surface area contributed by atoms with Crippen LogP contribution in [0.4, 0.5) is 5.69 Å². The van der Waals surface area contributed by atoms with E-state index in [1.165, 1.54) is 45.6 Å². The Hall–Kier alpha value is -3.67. The van der Waals surface area contributed by atoms with Gasteiger partial charge in [0.2, 0.25) is 5.75 Å². The van der Waals surface area contributed by atoms with E-state index in [4.69, 9.17) is 23.4 Å². The lowest BCUT2D eigenvalue weighted by molar-refractivity contribution is 0.0601. The van der Waals surface area contributed by atoms with Crippen LogP contribution in [-0.2, 0) is 14.8 Å². The van der Waals surface area contributed by atoms with Gasteiger partial charge in [0.15, 0.2) is 17.1 Å². The normalized spacial score (nSPS) is 11.2. The fourth-order valence-corrected chi connectivity index (χ4v) is 3.91. The summed E-state index contributed by atoms with van der Waals surface area (Å²) >= 11 is 0. The smallest absolute Gasteiger partial charge is 0.417 e. The van der Waals surface area contributed by atoms with Crippen LogP contribution in [0.25, 0.3) is 11.1 Å². The van der Waals surface area contributed by atoms with E-state index in [-0.39, 0.29) is 39.0 Å². The van der Waals surface area contributed by atoms with E-state index in [9.17, 15) is 18.0 Å². The van der Waals surface area contributed by atoms with E-state index in [0.29, 0.717) is 5.52 Å². The number of aromatic nitrogens is 1. The number of methoxy groups -OCH3 is 4. The van der Waals surface area contributed by atoms with Gasteiger partial charge in [0, 0.05) is 12.1 Å². The minimum atomic E-state index is -4.25. The van der Waals surface area contributed by atoms with Gasteiger partial charge in [-0.2, -0.15) is 0 Å². The highest BCUT2D eigenvalue weighted by molar-refractivity contribution is 7.92. The molecule has 12 heteroatoms. The first-order valence-electron chi connectivity index (χ1n) is 8.32. The molecule has 0 saturated carbocycles. The molecule has 3 rings (SSSR count). The summed E-state index contributed by atoms with van der Waals surface area (Å²) in [6, 6.07) is 5.07. The van der Waals surface area contributed by atoms with Crippen molar-refractivity contribution in [2.45, 2.75) is 4.90 Å². The van der Waals surface area contributed by atoms with Crippen LogP contribution in [0.2, 0.25) is 0 Å². The first kappa shape index (κ1) is 21.0. The van der Waals surface area contributed by atoms with Gasteiger partial charge in [-0.05, 0) is 12.1 Å². The number of hydrogen-bond acceptors (Lipinski definition) is 9. The van der Waals surface area contributed by atoms with E-state index in [1.54, 1.807) is 0 Å². The molecular formula is C18H18N2O9S. The molecule has 11 nitrogen and oxygen atoms in total. The van der Waals surface area contributed by atoms with Gasteiger partial charge >= 0.3 is 11.7 Å². The Morgan fingerprint density at radius 1 is 1.03 bits per heavy atom. The number of benzene rings is 2. The predicted molar refractivity (Wildman–Crippen MR) is 105 cm³/mol. The van der Waals surface area contributed by atoms with Crippen molar-refractivity contribution in [2.24, 2.45) is 0 Å². The second kappa shape index (κ2) is 7.99. The lowest BCUT2D eigenvalue weighted by atomic mass is 10.1. The Labute approximate surface area is 170 Å². The summed E-state index contributed by atoms with van der Waals surface area (Å²) in [5.74, 6) is -1.44. The van der Waals surface area contributed by atoms with Crippen molar-refractivity contribution in [1.29, 1.82) is 0 Å². The molecule has 0 radical (unpaired) electrons. The summed E-state index contributed by atoms with van der Waals surface area (Å²) in [5, 5.41) is 0. The lowest BCUT2D eigenvalue weighted by Gasteiger charge is -2.19. The average molecular weight is 438 g/mol. The Kier molecular flexibility index (Phi) is 5.60. The van der Waals surface area contributed by atoms with E-state index < -0.39 is 21.7 Å². The molecule has 1 heterocycles. The summed E-state index contributed by atoms with van der Waals surface area (Å²) < 4.78 is 53.8. The number of H-pyrrole nitrogens is 1. The Bertz CT molecular complexity index is 1270. The van der Waals surface area contributed by atoms with Gasteiger partial charge in [-0.1, -0.05) is 0 Å². The van der Waals surface area contributed by atoms with Crippen molar-refractivity contribution in [3.63, 3.8) is 0 Å². The molecule has 1 aromatic heterocycles. The molecule has 0 fully saturated rings. The molecule has 160 valence electrons. The van der Waals surface area contributed by atoms with Gasteiger partial charge in [0.05, 0.1) is 44.4 Å². The van der Waals surface area contributed by atoms with Crippen LogP contribution >= 0.6 is 0 Å². The van der Waals surface area contributed by atoms with Gasteiger partial charge in [0.25, 0.3) is 10.0 Å². The molecule has 2 aromatic carbocycles. The number of ether oxygens (including phenoxy) is 4. The van der Waals surface area contributed by atoms with Gasteiger partial charge in [0.1, 0.15) is 5.69 Å². The van der Waals surface area contributed by atoms with Crippen LogP contribution in [0, 0.1) is 0 Å². The van der Waals surface area contributed by atoms with Crippen LogP contribution in [-0.4, -0.2) is 47.8 Å². The number of anilines is 1. The van der Waals surface area contributed by atoms with E-state index in [0.717, 1.165) is 7.11 Å². The molecule has 0 spiro atoms. The Morgan fingerprint density at radius 2 is 1.73 bits per heavy atom. The third kappa shape index (κ3) is 3.64. The molecule has 3 aromatic rings. The van der Waals surface area contributed by atoms with E-state index in [1.807, 2.05) is 0 Å². The van der Waals surface area contributed by atoms with E-state index >= 15 is 0 Å². The highest BCUT2D eigenvalue weighted by Gasteiger charge is 2.28. The Morgan fingerprint density at radius 3 is 2.33 bits per heavy atom. The minimum absolute atomic E-state index is 0.0512. The number of oxazole rings is 1.